The van der Waals surface area contributed by atoms with E-state index in [0.29, 0.717) is 6.42 Å². The molecule has 33 heavy (non-hydrogen) atoms. The summed E-state index contributed by atoms with van der Waals surface area (Å²) in [5.41, 5.74) is 0. The Morgan fingerprint density at radius 1 is 0.667 bits per heavy atom. The Morgan fingerprint density at radius 3 is 1.45 bits per heavy atom. The molecule has 1 atom stereocenters. The van der Waals surface area contributed by atoms with Crippen LogP contribution >= 0.6 is 0 Å². The van der Waals surface area contributed by atoms with E-state index in [1.807, 2.05) is 6.92 Å². The predicted octanol–water partition coefficient (Wildman–Crippen LogP) is 7.30. The number of ether oxygens (including phenoxy) is 1. The Labute approximate surface area is 201 Å². The number of aliphatic carboxylic acids is 2. The molecular formula is C27H48O6. The Morgan fingerprint density at radius 2 is 1.06 bits per heavy atom. The second-order valence-corrected chi connectivity index (χ2v) is 9.10. The summed E-state index contributed by atoms with van der Waals surface area (Å²) in [6.07, 6.45) is 22.1. The van der Waals surface area contributed by atoms with Crippen molar-refractivity contribution >= 4 is 17.9 Å². The van der Waals surface area contributed by atoms with Crippen molar-refractivity contribution in [1.29, 1.82) is 0 Å². The van der Waals surface area contributed by atoms with Gasteiger partial charge in [0.1, 0.15) is 6.10 Å². The molecular weight excluding hydrogens is 420 g/mol. The van der Waals surface area contributed by atoms with Gasteiger partial charge in [-0.3, -0.25) is 9.59 Å². The lowest BCUT2D eigenvalue weighted by Gasteiger charge is -2.17. The first-order chi connectivity index (χ1) is 15.9. The normalized spacial score (nSPS) is 12.3. The van der Waals surface area contributed by atoms with Crippen LogP contribution in [0.4, 0.5) is 0 Å². The Balaban J connectivity index is 3.95. The van der Waals surface area contributed by atoms with Crippen molar-refractivity contribution in [2.75, 3.05) is 0 Å². The Bertz CT molecular complexity index is 529. The van der Waals surface area contributed by atoms with Crippen molar-refractivity contribution in [3.8, 4) is 0 Å². The molecule has 2 N–H and O–H groups in total. The molecule has 6 heteroatoms. The lowest BCUT2D eigenvalue weighted by atomic mass is 9.99. The fraction of sp³-hybridized carbons (Fsp3) is 0.815. The number of carbonyl (C=O) groups excluding carboxylic acids is 1. The van der Waals surface area contributed by atoms with E-state index in [2.05, 4.69) is 6.92 Å². The minimum Gasteiger partial charge on any atom is -0.481 e. The van der Waals surface area contributed by atoms with E-state index in [1.165, 1.54) is 51.0 Å². The van der Waals surface area contributed by atoms with Crippen LogP contribution in [0, 0.1) is 5.92 Å². The summed E-state index contributed by atoms with van der Waals surface area (Å²) in [5.74, 6) is -4.03. The third-order valence-corrected chi connectivity index (χ3v) is 6.08. The largest absolute Gasteiger partial charge is 0.481 e. The van der Waals surface area contributed by atoms with Crippen molar-refractivity contribution < 1.29 is 29.3 Å². The molecule has 0 spiro atoms. The van der Waals surface area contributed by atoms with Gasteiger partial charge in [-0.05, 0) is 39.0 Å². The number of carboxylic acid groups (broad SMARTS) is 2. The molecule has 0 radical (unpaired) electrons. The maximum atomic E-state index is 11.9. The summed E-state index contributed by atoms with van der Waals surface area (Å²) in [7, 11) is 0. The number of carbonyl (C=O) groups is 3. The van der Waals surface area contributed by atoms with Gasteiger partial charge in [0.15, 0.2) is 5.92 Å². The number of esters is 1. The van der Waals surface area contributed by atoms with Gasteiger partial charge in [-0.1, -0.05) is 96.5 Å². The van der Waals surface area contributed by atoms with Gasteiger partial charge >= 0.3 is 17.9 Å². The van der Waals surface area contributed by atoms with E-state index >= 15 is 0 Å². The first kappa shape index (κ1) is 31.1. The molecule has 0 rings (SSSR count). The Kier molecular flexibility index (Phi) is 20.7. The molecule has 0 saturated carbocycles. The van der Waals surface area contributed by atoms with Crippen LogP contribution in [0.2, 0.25) is 0 Å². The van der Waals surface area contributed by atoms with Gasteiger partial charge in [0.2, 0.25) is 0 Å². The summed E-state index contributed by atoms with van der Waals surface area (Å²) < 4.78 is 5.65. The van der Waals surface area contributed by atoms with Crippen LogP contribution in [0.1, 0.15) is 129 Å². The summed E-state index contributed by atoms with van der Waals surface area (Å²) in [5, 5.41) is 17.8. The number of rotatable bonds is 23. The van der Waals surface area contributed by atoms with E-state index in [9.17, 15) is 14.4 Å². The number of unbranched alkanes of at least 4 members (excludes halogenated alkanes) is 13. The highest BCUT2D eigenvalue weighted by molar-refractivity contribution is 5.92. The van der Waals surface area contributed by atoms with E-state index < -0.39 is 17.9 Å². The zero-order valence-electron chi connectivity index (χ0n) is 21.1. The smallest absolute Gasteiger partial charge is 0.330 e. The van der Waals surface area contributed by atoms with Crippen molar-refractivity contribution in [1.82, 2.24) is 0 Å². The van der Waals surface area contributed by atoms with Crippen LogP contribution in [0.15, 0.2) is 12.2 Å². The van der Waals surface area contributed by atoms with E-state index in [0.717, 1.165) is 57.8 Å². The molecule has 0 bridgehead atoms. The van der Waals surface area contributed by atoms with E-state index in [4.69, 9.17) is 14.9 Å². The minimum atomic E-state index is -1.28. The van der Waals surface area contributed by atoms with Crippen molar-refractivity contribution in [3.63, 3.8) is 0 Å². The third-order valence-electron chi connectivity index (χ3n) is 6.08. The molecule has 6 nitrogen and oxygen atoms in total. The molecule has 0 aliphatic rings. The molecule has 0 saturated heterocycles. The van der Waals surface area contributed by atoms with Gasteiger partial charge in [0.25, 0.3) is 0 Å². The van der Waals surface area contributed by atoms with Gasteiger partial charge in [-0.15, -0.1) is 0 Å². The number of hydrogen-bond donors (Lipinski definition) is 2. The monoisotopic (exact) mass is 468 g/mol. The average Bonchev–Trinajstić information content (AvgIpc) is 2.76. The molecule has 0 aromatic carbocycles. The van der Waals surface area contributed by atoms with Crippen LogP contribution in [-0.4, -0.2) is 34.2 Å². The standard InChI is InChI=1S/C27H48O6/c1-3-5-6-7-8-10-13-16-20-23(33-25(28)19-4-2)21-17-14-11-9-12-15-18-22-24(26(29)30)27(31)32/h4,19,23-24H,3,5-18,20-22H2,1-2H3,(H,29,30)(H,31,32). The first-order valence-electron chi connectivity index (χ1n) is 13.2. The second kappa shape index (κ2) is 22.0. The van der Waals surface area contributed by atoms with Gasteiger partial charge in [0.05, 0.1) is 0 Å². The van der Waals surface area contributed by atoms with Gasteiger partial charge < -0.3 is 14.9 Å². The first-order valence-corrected chi connectivity index (χ1v) is 13.2. The fourth-order valence-electron chi connectivity index (χ4n) is 4.06. The topological polar surface area (TPSA) is 101 Å². The molecule has 192 valence electrons. The maximum absolute atomic E-state index is 11.9. The molecule has 0 fully saturated rings. The molecule has 0 aliphatic carbocycles. The minimum absolute atomic E-state index is 0.00207. The van der Waals surface area contributed by atoms with E-state index in [1.54, 1.807) is 6.08 Å². The van der Waals surface area contributed by atoms with Gasteiger partial charge in [0, 0.05) is 6.08 Å². The quantitative estimate of drug-likeness (QED) is 0.0706. The molecule has 0 amide bonds. The lowest BCUT2D eigenvalue weighted by Crippen LogP contribution is -2.23. The van der Waals surface area contributed by atoms with Gasteiger partial charge in [-0.2, -0.15) is 0 Å². The molecule has 1 unspecified atom stereocenters. The van der Waals surface area contributed by atoms with Crippen LogP contribution < -0.4 is 0 Å². The maximum Gasteiger partial charge on any atom is 0.330 e. The third kappa shape index (κ3) is 19.3. The number of carboxylic acids is 2. The summed E-state index contributed by atoms with van der Waals surface area (Å²) in [4.78, 5) is 33.6. The Hall–Kier alpha value is -1.85. The highest BCUT2D eigenvalue weighted by atomic mass is 16.5. The zero-order chi connectivity index (χ0) is 24.7. The van der Waals surface area contributed by atoms with Crippen LogP contribution in [0.3, 0.4) is 0 Å². The highest BCUT2D eigenvalue weighted by Gasteiger charge is 2.24. The van der Waals surface area contributed by atoms with Crippen LogP contribution in [0.5, 0.6) is 0 Å². The zero-order valence-corrected chi connectivity index (χ0v) is 21.1. The second-order valence-electron chi connectivity index (χ2n) is 9.10. The van der Waals surface area contributed by atoms with Crippen LogP contribution in [-0.2, 0) is 19.1 Å². The van der Waals surface area contributed by atoms with Crippen molar-refractivity contribution in [3.05, 3.63) is 12.2 Å². The van der Waals surface area contributed by atoms with Crippen LogP contribution in [0.25, 0.3) is 0 Å². The molecule has 0 aromatic heterocycles. The number of hydrogen-bond acceptors (Lipinski definition) is 4. The predicted molar refractivity (Wildman–Crippen MR) is 132 cm³/mol. The molecule has 0 heterocycles. The van der Waals surface area contributed by atoms with Gasteiger partial charge in [-0.25, -0.2) is 4.79 Å². The lowest BCUT2D eigenvalue weighted by molar-refractivity contribution is -0.155. The highest BCUT2D eigenvalue weighted by Crippen LogP contribution is 2.18. The molecule has 0 aromatic rings. The van der Waals surface area contributed by atoms with Crippen molar-refractivity contribution in [2.45, 2.75) is 136 Å². The number of allylic oxidation sites excluding steroid dienone is 1. The summed E-state index contributed by atoms with van der Waals surface area (Å²) in [6, 6.07) is 0. The molecule has 0 aliphatic heterocycles. The fourth-order valence-corrected chi connectivity index (χ4v) is 4.06. The SMILES string of the molecule is CC=CC(=O)OC(CCCCCCCCCC)CCCCCCCCCC(C(=O)O)C(=O)O. The average molecular weight is 469 g/mol. The summed E-state index contributed by atoms with van der Waals surface area (Å²) >= 11 is 0. The van der Waals surface area contributed by atoms with Crippen molar-refractivity contribution in [2.24, 2.45) is 5.92 Å². The summed E-state index contributed by atoms with van der Waals surface area (Å²) in [6.45, 7) is 4.05. The van der Waals surface area contributed by atoms with E-state index in [-0.39, 0.29) is 18.5 Å².